The van der Waals surface area contributed by atoms with Crippen molar-refractivity contribution in [1.82, 2.24) is 5.43 Å². The lowest BCUT2D eigenvalue weighted by molar-refractivity contribution is 0.0955. The maximum Gasteiger partial charge on any atom is 0.271 e. The van der Waals surface area contributed by atoms with Crippen molar-refractivity contribution in [1.29, 1.82) is 0 Å². The Labute approximate surface area is 105 Å². The van der Waals surface area contributed by atoms with Crippen molar-refractivity contribution in [3.05, 3.63) is 59.0 Å². The first-order valence-corrected chi connectivity index (χ1v) is 5.61. The number of furan rings is 1. The Bertz CT molecular complexity index is 571. The molecule has 0 aliphatic rings. The van der Waals surface area contributed by atoms with E-state index in [-0.39, 0.29) is 5.91 Å². The molecule has 0 atom stereocenters. The molecule has 92 valence electrons. The van der Waals surface area contributed by atoms with E-state index in [1.807, 2.05) is 26.0 Å². The normalized spacial score (nSPS) is 10.8. The van der Waals surface area contributed by atoms with Gasteiger partial charge in [-0.3, -0.25) is 4.79 Å². The van der Waals surface area contributed by atoms with Crippen LogP contribution in [0.25, 0.3) is 0 Å². The van der Waals surface area contributed by atoms with Crippen LogP contribution in [0.1, 0.15) is 27.2 Å². The number of hydrogen-bond acceptors (Lipinski definition) is 3. The van der Waals surface area contributed by atoms with Crippen LogP contribution >= 0.6 is 0 Å². The van der Waals surface area contributed by atoms with Gasteiger partial charge in [-0.2, -0.15) is 5.10 Å². The molecule has 0 aliphatic heterocycles. The summed E-state index contributed by atoms with van der Waals surface area (Å²) in [7, 11) is 0. The zero-order chi connectivity index (χ0) is 13.0. The van der Waals surface area contributed by atoms with Crippen molar-refractivity contribution in [2.75, 3.05) is 0 Å². The Hall–Kier alpha value is -2.36. The van der Waals surface area contributed by atoms with E-state index in [2.05, 4.69) is 10.5 Å². The molecule has 1 N–H and O–H groups in total. The summed E-state index contributed by atoms with van der Waals surface area (Å²) in [6.07, 6.45) is 3.01. The summed E-state index contributed by atoms with van der Waals surface area (Å²) in [6.45, 7) is 3.98. The average molecular weight is 242 g/mol. The first-order chi connectivity index (χ1) is 8.66. The number of aryl methyl sites for hydroxylation is 2. The molecule has 18 heavy (non-hydrogen) atoms. The second-order valence-corrected chi connectivity index (χ2v) is 4.01. The highest BCUT2D eigenvalue weighted by atomic mass is 16.3. The fraction of sp³-hybridized carbons (Fsp3) is 0.143. The Morgan fingerprint density at radius 1 is 1.28 bits per heavy atom. The molecule has 4 nitrogen and oxygen atoms in total. The van der Waals surface area contributed by atoms with Gasteiger partial charge >= 0.3 is 0 Å². The molecule has 0 unspecified atom stereocenters. The van der Waals surface area contributed by atoms with Gasteiger partial charge in [-0.15, -0.1) is 0 Å². The van der Waals surface area contributed by atoms with Gasteiger partial charge in [0.25, 0.3) is 5.91 Å². The molecular weight excluding hydrogens is 228 g/mol. The molecule has 0 bridgehead atoms. The number of carbonyl (C=O) groups excluding carboxylic acids is 1. The summed E-state index contributed by atoms with van der Waals surface area (Å²) >= 11 is 0. The molecule has 0 spiro atoms. The lowest BCUT2D eigenvalue weighted by Crippen LogP contribution is -2.17. The van der Waals surface area contributed by atoms with Crippen molar-refractivity contribution in [2.24, 2.45) is 5.10 Å². The first-order valence-electron chi connectivity index (χ1n) is 5.61. The van der Waals surface area contributed by atoms with Crippen LogP contribution in [0.15, 0.2) is 46.1 Å². The molecule has 0 aliphatic carbocycles. The van der Waals surface area contributed by atoms with Gasteiger partial charge in [-0.1, -0.05) is 6.07 Å². The number of hydrogen-bond donors (Lipinski definition) is 1. The van der Waals surface area contributed by atoms with Crippen LogP contribution in [0.3, 0.4) is 0 Å². The minimum atomic E-state index is -0.235. The fourth-order valence-electron chi connectivity index (χ4n) is 1.47. The summed E-state index contributed by atoms with van der Waals surface area (Å²) in [4.78, 5) is 11.8. The van der Waals surface area contributed by atoms with Crippen LogP contribution in [-0.4, -0.2) is 12.1 Å². The van der Waals surface area contributed by atoms with E-state index >= 15 is 0 Å². The van der Waals surface area contributed by atoms with Gasteiger partial charge in [-0.05, 0) is 49.2 Å². The highest BCUT2D eigenvalue weighted by Gasteiger charge is 2.04. The van der Waals surface area contributed by atoms with Crippen LogP contribution in [0.2, 0.25) is 0 Å². The Morgan fingerprint density at radius 3 is 2.78 bits per heavy atom. The van der Waals surface area contributed by atoms with E-state index in [1.54, 1.807) is 24.5 Å². The number of rotatable bonds is 3. The molecule has 0 radical (unpaired) electrons. The van der Waals surface area contributed by atoms with Crippen LogP contribution in [0.4, 0.5) is 0 Å². The monoisotopic (exact) mass is 242 g/mol. The Kier molecular flexibility index (Phi) is 3.57. The number of benzene rings is 1. The maximum atomic E-state index is 11.8. The standard InChI is InChI=1S/C14H14N2O2/c1-10-5-6-12(8-11(10)2)14(17)16-15-9-13-4-3-7-18-13/h3-9H,1-2H3,(H,16,17)/b15-9+. The first kappa shape index (κ1) is 12.1. The average Bonchev–Trinajstić information content (AvgIpc) is 2.85. The van der Waals surface area contributed by atoms with Gasteiger partial charge in [0, 0.05) is 5.56 Å². The Balaban J connectivity index is 2.01. The van der Waals surface area contributed by atoms with Crippen molar-refractivity contribution in [2.45, 2.75) is 13.8 Å². The number of nitrogens with one attached hydrogen (secondary N) is 1. The van der Waals surface area contributed by atoms with E-state index in [0.29, 0.717) is 11.3 Å². The molecule has 0 saturated heterocycles. The zero-order valence-electron chi connectivity index (χ0n) is 10.3. The lowest BCUT2D eigenvalue weighted by Gasteiger charge is -2.03. The van der Waals surface area contributed by atoms with Gasteiger partial charge in [0.1, 0.15) is 5.76 Å². The number of hydrazone groups is 1. The summed E-state index contributed by atoms with van der Waals surface area (Å²) in [6, 6.07) is 9.05. The molecule has 0 saturated carbocycles. The van der Waals surface area contributed by atoms with E-state index < -0.39 is 0 Å². The summed E-state index contributed by atoms with van der Waals surface area (Å²) in [5.41, 5.74) is 5.29. The van der Waals surface area contributed by atoms with Gasteiger partial charge in [0.15, 0.2) is 0 Å². The SMILES string of the molecule is Cc1ccc(C(=O)N/N=C/c2ccco2)cc1C. The largest absolute Gasteiger partial charge is 0.463 e. The minimum Gasteiger partial charge on any atom is -0.463 e. The van der Waals surface area contributed by atoms with Crippen molar-refractivity contribution in [3.63, 3.8) is 0 Å². The van der Waals surface area contributed by atoms with Gasteiger partial charge in [0.2, 0.25) is 0 Å². The molecule has 2 rings (SSSR count). The topological polar surface area (TPSA) is 54.6 Å². The molecule has 1 aromatic carbocycles. The third kappa shape index (κ3) is 2.85. The number of nitrogens with zero attached hydrogens (tertiary/aromatic N) is 1. The third-order valence-corrected chi connectivity index (χ3v) is 2.67. The second kappa shape index (κ2) is 5.31. The van der Waals surface area contributed by atoms with Crippen LogP contribution in [0, 0.1) is 13.8 Å². The van der Waals surface area contributed by atoms with Crippen molar-refractivity contribution < 1.29 is 9.21 Å². The molecule has 2 aromatic rings. The van der Waals surface area contributed by atoms with Gasteiger partial charge in [0.05, 0.1) is 12.5 Å². The highest BCUT2D eigenvalue weighted by Crippen LogP contribution is 2.09. The van der Waals surface area contributed by atoms with E-state index in [4.69, 9.17) is 4.42 Å². The molecular formula is C14H14N2O2. The van der Waals surface area contributed by atoms with E-state index in [1.165, 1.54) is 6.21 Å². The van der Waals surface area contributed by atoms with Crippen LogP contribution in [0.5, 0.6) is 0 Å². The highest BCUT2D eigenvalue weighted by molar-refractivity contribution is 5.94. The molecule has 1 amide bonds. The van der Waals surface area contributed by atoms with Gasteiger partial charge in [-0.25, -0.2) is 5.43 Å². The van der Waals surface area contributed by atoms with Gasteiger partial charge < -0.3 is 4.42 Å². The second-order valence-electron chi connectivity index (χ2n) is 4.01. The molecule has 1 heterocycles. The molecule has 0 fully saturated rings. The van der Waals surface area contributed by atoms with Crippen LogP contribution in [-0.2, 0) is 0 Å². The summed E-state index contributed by atoms with van der Waals surface area (Å²) in [5, 5.41) is 3.82. The summed E-state index contributed by atoms with van der Waals surface area (Å²) < 4.78 is 5.06. The lowest BCUT2D eigenvalue weighted by atomic mass is 10.1. The van der Waals surface area contributed by atoms with E-state index in [0.717, 1.165) is 11.1 Å². The fourth-order valence-corrected chi connectivity index (χ4v) is 1.47. The minimum absolute atomic E-state index is 0.235. The number of amides is 1. The van der Waals surface area contributed by atoms with E-state index in [9.17, 15) is 4.79 Å². The predicted octanol–water partition coefficient (Wildman–Crippen LogP) is 2.66. The zero-order valence-corrected chi connectivity index (χ0v) is 10.3. The number of carbonyl (C=O) groups is 1. The maximum absolute atomic E-state index is 11.8. The summed E-state index contributed by atoms with van der Waals surface area (Å²) in [5.74, 6) is 0.358. The Morgan fingerprint density at radius 2 is 2.11 bits per heavy atom. The molecule has 4 heteroatoms. The van der Waals surface area contributed by atoms with Crippen LogP contribution < -0.4 is 5.43 Å². The van der Waals surface area contributed by atoms with Crippen molar-refractivity contribution in [3.8, 4) is 0 Å². The van der Waals surface area contributed by atoms with Crippen molar-refractivity contribution >= 4 is 12.1 Å². The quantitative estimate of drug-likeness (QED) is 0.664. The third-order valence-electron chi connectivity index (χ3n) is 2.67. The smallest absolute Gasteiger partial charge is 0.271 e. The molecule has 1 aromatic heterocycles. The predicted molar refractivity (Wildman–Crippen MR) is 69.7 cm³/mol.